The first kappa shape index (κ1) is 13.3. The number of carbonyl (C=O) groups excluding carboxylic acids is 2. The predicted octanol–water partition coefficient (Wildman–Crippen LogP) is 1.88. The van der Waals surface area contributed by atoms with Crippen LogP contribution in [0.3, 0.4) is 0 Å². The molecule has 0 atom stereocenters. The third kappa shape index (κ3) is 3.66. The first-order valence-corrected chi connectivity index (χ1v) is 6.70. The summed E-state index contributed by atoms with van der Waals surface area (Å²) in [6.45, 7) is 0.319. The van der Waals surface area contributed by atoms with E-state index in [4.69, 9.17) is 5.73 Å². The number of carbonyl (C=O) groups is 2. The van der Waals surface area contributed by atoms with Crippen molar-refractivity contribution in [2.24, 2.45) is 5.73 Å². The maximum atomic E-state index is 12.3. The highest BCUT2D eigenvalue weighted by Gasteiger charge is 2.18. The quantitative estimate of drug-likeness (QED) is 0.904. The van der Waals surface area contributed by atoms with E-state index in [-0.39, 0.29) is 12.5 Å². The first-order valence-electron chi connectivity index (χ1n) is 5.82. The summed E-state index contributed by atoms with van der Waals surface area (Å²) in [6.07, 6.45) is 0. The smallest absolute Gasteiger partial charge is 0.254 e. The molecule has 1 aromatic heterocycles. The van der Waals surface area contributed by atoms with Crippen LogP contribution >= 0.6 is 11.3 Å². The largest absolute Gasteiger partial charge is 0.368 e. The minimum atomic E-state index is -0.513. The lowest BCUT2D eigenvalue weighted by Crippen LogP contribution is -2.37. The van der Waals surface area contributed by atoms with Crippen molar-refractivity contribution in [2.75, 3.05) is 6.54 Å². The normalized spacial score (nSPS) is 10.1. The van der Waals surface area contributed by atoms with Crippen molar-refractivity contribution in [2.45, 2.75) is 6.54 Å². The maximum Gasteiger partial charge on any atom is 0.254 e. The third-order valence-corrected chi connectivity index (χ3v) is 3.44. The van der Waals surface area contributed by atoms with Crippen molar-refractivity contribution >= 4 is 23.2 Å². The summed E-state index contributed by atoms with van der Waals surface area (Å²) >= 11 is 1.54. The van der Waals surface area contributed by atoms with Crippen LogP contribution in [0.15, 0.2) is 47.8 Å². The molecule has 0 bridgehead atoms. The van der Waals surface area contributed by atoms with Crippen LogP contribution in [0.2, 0.25) is 0 Å². The molecular weight excluding hydrogens is 260 g/mol. The zero-order valence-electron chi connectivity index (χ0n) is 10.3. The van der Waals surface area contributed by atoms with Gasteiger partial charge in [0.1, 0.15) is 6.54 Å². The number of hydrogen-bond donors (Lipinski definition) is 1. The molecule has 1 heterocycles. The van der Waals surface area contributed by atoms with Crippen molar-refractivity contribution in [3.8, 4) is 0 Å². The van der Waals surface area contributed by atoms with Crippen LogP contribution in [-0.2, 0) is 11.3 Å². The molecule has 4 nitrogen and oxygen atoms in total. The Bertz CT molecular complexity index is 552. The van der Waals surface area contributed by atoms with Gasteiger partial charge in [0, 0.05) is 10.4 Å². The van der Waals surface area contributed by atoms with Crippen molar-refractivity contribution in [1.29, 1.82) is 0 Å². The molecule has 0 unspecified atom stereocenters. The average molecular weight is 274 g/mol. The van der Waals surface area contributed by atoms with E-state index in [2.05, 4.69) is 0 Å². The van der Waals surface area contributed by atoms with Gasteiger partial charge in [-0.15, -0.1) is 11.3 Å². The van der Waals surface area contributed by atoms with Crippen molar-refractivity contribution < 1.29 is 9.59 Å². The molecule has 0 spiro atoms. The summed E-state index contributed by atoms with van der Waals surface area (Å²) in [6, 6.07) is 12.7. The lowest BCUT2D eigenvalue weighted by Gasteiger charge is -2.20. The SMILES string of the molecule is NC(=O)CN(Cc1cccs1)C(=O)c1ccccc1. The molecule has 2 rings (SSSR count). The zero-order valence-corrected chi connectivity index (χ0v) is 11.1. The molecular formula is C14H14N2O2S. The van der Waals surface area contributed by atoms with E-state index in [0.29, 0.717) is 12.1 Å². The Labute approximate surface area is 115 Å². The monoisotopic (exact) mass is 274 g/mol. The second kappa shape index (κ2) is 6.15. The molecule has 0 radical (unpaired) electrons. The number of amides is 2. The van der Waals surface area contributed by atoms with Gasteiger partial charge in [-0.3, -0.25) is 9.59 Å². The van der Waals surface area contributed by atoms with E-state index in [9.17, 15) is 9.59 Å². The fourth-order valence-electron chi connectivity index (χ4n) is 1.74. The van der Waals surface area contributed by atoms with E-state index in [1.807, 2.05) is 23.6 Å². The minimum absolute atomic E-state index is 0.0778. The van der Waals surface area contributed by atoms with Gasteiger partial charge in [-0.05, 0) is 23.6 Å². The molecule has 0 aliphatic carbocycles. The Balaban J connectivity index is 2.17. The summed E-state index contributed by atoms with van der Waals surface area (Å²) in [5, 5.41) is 1.94. The minimum Gasteiger partial charge on any atom is -0.368 e. The van der Waals surface area contributed by atoms with Gasteiger partial charge in [-0.25, -0.2) is 0 Å². The molecule has 0 aliphatic rings. The van der Waals surface area contributed by atoms with Crippen molar-refractivity contribution in [3.63, 3.8) is 0 Å². The van der Waals surface area contributed by atoms with Gasteiger partial charge in [-0.1, -0.05) is 24.3 Å². The first-order chi connectivity index (χ1) is 9.16. The molecule has 2 N–H and O–H groups in total. The van der Waals surface area contributed by atoms with Crippen LogP contribution in [-0.4, -0.2) is 23.3 Å². The highest BCUT2D eigenvalue weighted by atomic mass is 32.1. The summed E-state index contributed by atoms with van der Waals surface area (Å²) in [4.78, 5) is 25.9. The van der Waals surface area contributed by atoms with Gasteiger partial charge in [0.25, 0.3) is 5.91 Å². The van der Waals surface area contributed by atoms with Crippen LogP contribution in [0.25, 0.3) is 0 Å². The summed E-state index contributed by atoms with van der Waals surface area (Å²) in [7, 11) is 0. The fourth-order valence-corrected chi connectivity index (χ4v) is 2.46. The molecule has 0 aliphatic heterocycles. The van der Waals surface area contributed by atoms with Gasteiger partial charge < -0.3 is 10.6 Å². The van der Waals surface area contributed by atoms with E-state index in [1.54, 1.807) is 35.6 Å². The summed E-state index contributed by atoms with van der Waals surface area (Å²) in [5.74, 6) is -0.700. The topological polar surface area (TPSA) is 63.4 Å². The lowest BCUT2D eigenvalue weighted by molar-refractivity contribution is -0.118. The number of nitrogens with two attached hydrogens (primary N) is 1. The van der Waals surface area contributed by atoms with Crippen LogP contribution < -0.4 is 5.73 Å². The van der Waals surface area contributed by atoms with Crippen LogP contribution in [0.1, 0.15) is 15.2 Å². The number of hydrogen-bond acceptors (Lipinski definition) is 3. The second-order valence-corrected chi connectivity index (χ2v) is 5.11. The number of nitrogens with zero attached hydrogens (tertiary/aromatic N) is 1. The number of thiophene rings is 1. The predicted molar refractivity (Wildman–Crippen MR) is 74.7 cm³/mol. The molecule has 0 saturated carbocycles. The zero-order chi connectivity index (χ0) is 13.7. The number of benzene rings is 1. The highest BCUT2D eigenvalue weighted by Crippen LogP contribution is 2.14. The Morgan fingerprint density at radius 3 is 2.42 bits per heavy atom. The van der Waals surface area contributed by atoms with Gasteiger partial charge in [-0.2, -0.15) is 0 Å². The van der Waals surface area contributed by atoms with Crippen molar-refractivity contribution in [1.82, 2.24) is 4.90 Å². The van der Waals surface area contributed by atoms with Gasteiger partial charge in [0.15, 0.2) is 0 Å². The molecule has 98 valence electrons. The molecule has 19 heavy (non-hydrogen) atoms. The van der Waals surface area contributed by atoms with Gasteiger partial charge in [0.05, 0.1) is 6.54 Å². The number of rotatable bonds is 5. The van der Waals surface area contributed by atoms with Crippen molar-refractivity contribution in [3.05, 3.63) is 58.3 Å². The fraction of sp³-hybridized carbons (Fsp3) is 0.143. The van der Waals surface area contributed by atoms with Gasteiger partial charge >= 0.3 is 0 Å². The molecule has 2 aromatic rings. The van der Waals surface area contributed by atoms with E-state index in [1.165, 1.54) is 4.90 Å². The Morgan fingerprint density at radius 1 is 1.11 bits per heavy atom. The van der Waals surface area contributed by atoms with E-state index < -0.39 is 5.91 Å². The van der Waals surface area contributed by atoms with Crippen LogP contribution in [0.4, 0.5) is 0 Å². The lowest BCUT2D eigenvalue weighted by atomic mass is 10.2. The summed E-state index contributed by atoms with van der Waals surface area (Å²) in [5.41, 5.74) is 5.76. The Morgan fingerprint density at radius 2 is 1.84 bits per heavy atom. The molecule has 1 aromatic carbocycles. The Hall–Kier alpha value is -2.14. The number of primary amides is 1. The highest BCUT2D eigenvalue weighted by molar-refractivity contribution is 7.09. The maximum absolute atomic E-state index is 12.3. The van der Waals surface area contributed by atoms with E-state index in [0.717, 1.165) is 4.88 Å². The third-order valence-electron chi connectivity index (χ3n) is 2.58. The second-order valence-electron chi connectivity index (χ2n) is 4.07. The molecule has 5 heteroatoms. The van der Waals surface area contributed by atoms with Crippen LogP contribution in [0, 0.1) is 0 Å². The molecule has 0 fully saturated rings. The van der Waals surface area contributed by atoms with E-state index >= 15 is 0 Å². The van der Waals surface area contributed by atoms with Gasteiger partial charge in [0.2, 0.25) is 5.91 Å². The summed E-state index contributed by atoms with van der Waals surface area (Å²) < 4.78 is 0. The molecule has 2 amide bonds. The average Bonchev–Trinajstić information content (AvgIpc) is 2.90. The van der Waals surface area contributed by atoms with Crippen LogP contribution in [0.5, 0.6) is 0 Å². The molecule has 0 saturated heterocycles. The standard InChI is InChI=1S/C14H14N2O2S/c15-13(17)10-16(9-12-7-4-8-19-12)14(18)11-5-2-1-3-6-11/h1-8H,9-10H2,(H2,15,17). The Kier molecular flexibility index (Phi) is 4.30.